The minimum Gasteiger partial charge on any atom is -0.495 e. The number of epoxide rings is 1. The number of nitrogens with zero attached hydrogens (tertiary/aromatic N) is 3. The van der Waals surface area contributed by atoms with E-state index in [1.165, 1.54) is 57.2 Å². The average molecular weight is 1270 g/mol. The Morgan fingerprint density at radius 3 is 2.36 bits per heavy atom. The van der Waals surface area contributed by atoms with Crippen molar-refractivity contribution in [2.75, 3.05) is 46.3 Å². The molecule has 88 heavy (non-hydrogen) atoms. The van der Waals surface area contributed by atoms with Crippen molar-refractivity contribution in [3.63, 3.8) is 0 Å². The number of fused-ring (bicyclic) bond motifs is 5. The zero-order valence-electron chi connectivity index (χ0n) is 52.2. The molecule has 0 saturated carbocycles. The number of ether oxygens (including phenoxy) is 5. The van der Waals surface area contributed by atoms with Gasteiger partial charge in [0.05, 0.1) is 43.3 Å². The van der Waals surface area contributed by atoms with Crippen LogP contribution in [0, 0.1) is 29.5 Å². The van der Waals surface area contributed by atoms with Gasteiger partial charge in [0, 0.05) is 71.3 Å². The fraction of sp³-hybridized carbons (Fsp3) is 0.594. The third-order valence-corrected chi connectivity index (χ3v) is 18.2. The van der Waals surface area contributed by atoms with Gasteiger partial charge in [-0.2, -0.15) is 0 Å². The second-order valence-electron chi connectivity index (χ2n) is 24.5. The number of allylic oxidation sites excluding steroid dienone is 3. The summed E-state index contributed by atoms with van der Waals surface area (Å²) in [5.74, 6) is -6.75. The van der Waals surface area contributed by atoms with E-state index in [0.717, 1.165) is 28.5 Å². The number of amides is 7. The standard InChI is InChI=1S/C64H86ClFN6O15S/c1-35(2)44(31-42(88)18-13-12-14-24-72-54(75)26-37(4)59(72)78)58(77)69-46(19-16-23-68-62(67)81)48(73)29-40-21-22-43(45(66)27-40)60(79)70(8)39(6)61(80)86-52-32-53(74)71(9)47-28-41(30-49(83-10)56(47)65)25-36(3)17-15-20-51(84-11)64(82)33-50(85-55(76)34-64)38(5)57-63(52,7)87-57/h15,17,20-22,27-28,30,35,37-39,44,46,50-52,57,82H,12-14,16,18-19,23-26,29,31-34H2,1-11H3,(H,69,77)(H3,67,68,81)/b20-15+,36-17+/t37?,38-,39+,44+,46+,50+,51-,52+,57+,63+,64-/m1/s1. The van der Waals surface area contributed by atoms with Gasteiger partial charge in [-0.05, 0) is 112 Å². The maximum atomic E-state index is 16.2. The Morgan fingerprint density at radius 2 is 1.73 bits per heavy atom. The highest BCUT2D eigenvalue weighted by molar-refractivity contribution is 7.80. The molecule has 5 N–H and O–H groups in total. The van der Waals surface area contributed by atoms with Crippen molar-refractivity contribution in [1.29, 1.82) is 0 Å². The summed E-state index contributed by atoms with van der Waals surface area (Å²) in [7, 11) is 5.67. The number of carbonyl (C=O) groups excluding carboxylic acids is 9. The number of unbranched alkanes of at least 4 members (excludes halogenated alkanes) is 2. The van der Waals surface area contributed by atoms with Gasteiger partial charge in [-0.25, -0.2) is 14.0 Å². The molecule has 6 rings (SSSR count). The van der Waals surface area contributed by atoms with E-state index in [9.17, 15) is 48.3 Å². The summed E-state index contributed by atoms with van der Waals surface area (Å²) in [6.45, 7) is 12.6. The van der Waals surface area contributed by atoms with Crippen LogP contribution in [-0.2, 0) is 65.4 Å². The van der Waals surface area contributed by atoms with Crippen molar-refractivity contribution in [2.24, 2.45) is 29.4 Å². The van der Waals surface area contributed by atoms with E-state index < -0.39 is 119 Å². The first-order valence-electron chi connectivity index (χ1n) is 30.0. The third kappa shape index (κ3) is 17.6. The number of aliphatic hydroxyl groups is 1. The van der Waals surface area contributed by atoms with E-state index in [1.54, 1.807) is 45.1 Å². The molecule has 24 heteroatoms. The molecule has 0 aliphatic carbocycles. The normalized spacial score (nSPS) is 26.0. The van der Waals surface area contributed by atoms with Gasteiger partial charge in [-0.1, -0.05) is 87.8 Å². The molecular weight excluding hydrogens is 1180 g/mol. The van der Waals surface area contributed by atoms with Crippen LogP contribution in [-0.4, -0.2) is 162 Å². The molecular formula is C64H86ClFN6O15S. The van der Waals surface area contributed by atoms with Crippen LogP contribution >= 0.6 is 23.8 Å². The summed E-state index contributed by atoms with van der Waals surface area (Å²) in [6.07, 6.45) is 3.89. The Balaban J connectivity index is 1.16. The number of nitrogens with two attached hydrogens (primary N) is 1. The van der Waals surface area contributed by atoms with Gasteiger partial charge in [-0.15, -0.1) is 0 Å². The number of benzene rings is 2. The maximum Gasteiger partial charge on any atom is 0.328 e. The van der Waals surface area contributed by atoms with Crippen LogP contribution in [0.25, 0.3) is 0 Å². The number of hydrogen-bond donors (Lipinski definition) is 4. The molecule has 0 spiro atoms. The molecule has 4 aliphatic heterocycles. The van der Waals surface area contributed by atoms with E-state index in [2.05, 4.69) is 10.6 Å². The summed E-state index contributed by atoms with van der Waals surface area (Å²) in [5, 5.41) is 17.5. The maximum absolute atomic E-state index is 16.2. The Kier molecular flexibility index (Phi) is 24.6. The topological polar surface area (TPSA) is 283 Å². The number of imide groups is 1. The molecule has 2 aromatic carbocycles. The van der Waals surface area contributed by atoms with Gasteiger partial charge in [-0.3, -0.25) is 38.5 Å². The fourth-order valence-electron chi connectivity index (χ4n) is 11.7. The van der Waals surface area contributed by atoms with Crippen LogP contribution in [0.15, 0.2) is 54.1 Å². The van der Waals surface area contributed by atoms with Crippen LogP contribution < -0.4 is 26.0 Å². The lowest BCUT2D eigenvalue weighted by molar-refractivity contribution is -0.187. The molecule has 1 unspecified atom stereocenters. The number of Topliss-reactive ketones (excluding diaryl/α,β-unsaturated/α-hetero) is 1. The first kappa shape index (κ1) is 70.4. The fourth-order valence-corrected chi connectivity index (χ4v) is 12.4. The molecule has 0 radical (unpaired) electrons. The highest BCUT2D eigenvalue weighted by Gasteiger charge is 2.64. The molecule has 3 saturated heterocycles. The van der Waals surface area contributed by atoms with Crippen molar-refractivity contribution in [1.82, 2.24) is 20.4 Å². The molecule has 482 valence electrons. The minimum atomic E-state index is -1.68. The second kappa shape index (κ2) is 30.7. The predicted octanol–water partition coefficient (Wildman–Crippen LogP) is 7.25. The number of thiocarbonyl (C=S) groups is 1. The number of anilines is 1. The molecule has 4 bridgehead atoms. The van der Waals surface area contributed by atoms with Crippen LogP contribution in [0.4, 0.5) is 14.9 Å². The van der Waals surface area contributed by atoms with Crippen LogP contribution in [0.2, 0.25) is 5.02 Å². The average Bonchev–Trinajstić information content (AvgIpc) is 1.58. The summed E-state index contributed by atoms with van der Waals surface area (Å²) in [4.78, 5) is 124. The number of esters is 2. The zero-order chi connectivity index (χ0) is 65.1. The van der Waals surface area contributed by atoms with Gasteiger partial charge in [0.25, 0.3) is 5.91 Å². The number of halogens is 2. The molecule has 7 amide bonds. The predicted molar refractivity (Wildman–Crippen MR) is 330 cm³/mol. The number of methoxy groups -OCH3 is 2. The van der Waals surface area contributed by atoms with Crippen LogP contribution in [0.5, 0.6) is 5.75 Å². The lowest BCUT2D eigenvalue weighted by Crippen LogP contribution is -2.53. The van der Waals surface area contributed by atoms with E-state index in [4.69, 9.17) is 53.2 Å². The molecule has 4 aliphatic rings. The number of urea groups is 1. The first-order chi connectivity index (χ1) is 41.4. The lowest BCUT2D eigenvalue weighted by Gasteiger charge is -2.41. The Morgan fingerprint density at radius 1 is 1.01 bits per heavy atom. The van der Waals surface area contributed by atoms with E-state index in [1.807, 2.05) is 26.8 Å². The number of carbonyl (C=O) groups is 9. The van der Waals surface area contributed by atoms with Crippen LogP contribution in [0.3, 0.4) is 0 Å². The molecule has 11 atom stereocenters. The number of likely N-dealkylation sites (N-methyl/N-ethyl adjacent to an activating group) is 1. The summed E-state index contributed by atoms with van der Waals surface area (Å²) in [5.41, 5.74) is 3.85. The highest BCUT2D eigenvalue weighted by atomic mass is 35.5. The summed E-state index contributed by atoms with van der Waals surface area (Å²) >= 11 is 12.6. The molecule has 21 nitrogen and oxygen atoms in total. The second-order valence-corrected chi connectivity index (χ2v) is 25.4. The SMILES string of the molecule is COc1cc2cc(c1Cl)N(C)C(=O)C[C@H](OC(=O)[C@H](C)N(C)C(=O)c1ccc(CC(=O)[C@H](CCCNC(N)=O)NC(=O)[C@@H](CC(=S)CCCCCN3C(=O)CC(C)C3=O)C(C)C)cc1F)[C@]1(C)O[C@H]1[C@H](C)[C@@H]1C[C@@](O)(CC(=O)O1)[C@H](OC)/C=C/C=C(\C)C2. The number of rotatable bonds is 24. The number of ketones is 1. The van der Waals surface area contributed by atoms with Crippen LogP contribution in [0.1, 0.15) is 141 Å². The van der Waals surface area contributed by atoms with E-state index >= 15 is 4.39 Å². The quantitative estimate of drug-likeness (QED) is 0.0265. The number of primary amides is 1. The Labute approximate surface area is 524 Å². The lowest BCUT2D eigenvalue weighted by atomic mass is 9.78. The van der Waals surface area contributed by atoms with Gasteiger partial charge < -0.3 is 55.0 Å². The van der Waals surface area contributed by atoms with Crippen molar-refractivity contribution in [3.8, 4) is 5.75 Å². The van der Waals surface area contributed by atoms with Gasteiger partial charge in [0.1, 0.15) is 52.1 Å². The van der Waals surface area contributed by atoms with Gasteiger partial charge in [0.15, 0.2) is 5.78 Å². The van der Waals surface area contributed by atoms with Crippen molar-refractivity contribution >= 4 is 87.7 Å². The third-order valence-electron chi connectivity index (χ3n) is 17.4. The molecule has 3 fully saturated rings. The summed E-state index contributed by atoms with van der Waals surface area (Å²) in [6, 6.07) is 3.87. The smallest absolute Gasteiger partial charge is 0.328 e. The summed E-state index contributed by atoms with van der Waals surface area (Å²) < 4.78 is 45.9. The number of likely N-dealkylation sites (tertiary alicyclic amines) is 1. The monoisotopic (exact) mass is 1260 g/mol. The van der Waals surface area contributed by atoms with Gasteiger partial charge in [0.2, 0.25) is 23.6 Å². The number of nitrogens with one attached hydrogen (secondary N) is 2. The largest absolute Gasteiger partial charge is 0.495 e. The molecule has 2 aromatic rings. The van der Waals surface area contributed by atoms with Crippen molar-refractivity contribution in [3.05, 3.63) is 81.7 Å². The zero-order valence-corrected chi connectivity index (χ0v) is 53.8. The Bertz CT molecular complexity index is 3050. The Hall–Kier alpha value is -6.66. The van der Waals surface area contributed by atoms with E-state index in [0.29, 0.717) is 48.5 Å². The molecule has 0 aromatic heterocycles. The van der Waals surface area contributed by atoms with Crippen molar-refractivity contribution < 1.29 is 76.3 Å². The number of hydrogen-bond acceptors (Lipinski definition) is 16. The minimum absolute atomic E-state index is 0.0400. The van der Waals surface area contributed by atoms with E-state index in [-0.39, 0.29) is 85.7 Å². The van der Waals surface area contributed by atoms with Gasteiger partial charge >= 0.3 is 18.0 Å². The van der Waals surface area contributed by atoms with Crippen molar-refractivity contribution in [2.45, 2.75) is 180 Å². The molecule has 4 heterocycles. The first-order valence-corrected chi connectivity index (χ1v) is 30.8. The highest BCUT2D eigenvalue weighted by Crippen LogP contribution is 2.50.